The highest BCUT2D eigenvalue weighted by Gasteiger charge is 2.30. The minimum absolute atomic E-state index is 0.245. The number of fused-ring (bicyclic) bond motifs is 3. The van der Waals surface area contributed by atoms with Crippen molar-refractivity contribution in [3.05, 3.63) is 173 Å². The molecule has 1 unspecified atom stereocenters. The maximum atomic E-state index is 2.41. The molecule has 1 aliphatic carbocycles. The van der Waals surface area contributed by atoms with Crippen LogP contribution in [0.1, 0.15) is 53.5 Å². The smallest absolute Gasteiger partial charge is 0.0468 e. The van der Waals surface area contributed by atoms with Crippen LogP contribution in [0, 0.1) is 6.92 Å². The fraction of sp³-hybridized carbons (Fsp3) is 0.122. The van der Waals surface area contributed by atoms with Gasteiger partial charge in [0.15, 0.2) is 0 Å². The third-order valence-electron chi connectivity index (χ3n) is 8.67. The Morgan fingerprint density at radius 1 is 0.476 bits per heavy atom. The molecule has 0 radical (unpaired) electrons. The van der Waals surface area contributed by atoms with Gasteiger partial charge in [-0.25, -0.2) is 0 Å². The maximum absolute atomic E-state index is 2.41. The molecule has 6 aromatic rings. The number of rotatable bonds is 6. The number of hydrogen-bond donors (Lipinski definition) is 0. The summed E-state index contributed by atoms with van der Waals surface area (Å²) in [6.07, 6.45) is 0. The SMILES string of the molecule is Cc1ccccc1-c1cc(N(c2ccccc2)c2ccc3c(c2)-c2ccccc2C3c2ccccc2)ccc1C(C)C. The van der Waals surface area contributed by atoms with E-state index in [1.807, 2.05) is 0 Å². The van der Waals surface area contributed by atoms with E-state index < -0.39 is 0 Å². The van der Waals surface area contributed by atoms with Gasteiger partial charge in [0, 0.05) is 23.0 Å². The quantitative estimate of drug-likeness (QED) is 0.202. The lowest BCUT2D eigenvalue weighted by molar-refractivity contribution is 0.869. The zero-order valence-corrected chi connectivity index (χ0v) is 24.5. The van der Waals surface area contributed by atoms with Crippen LogP contribution in [0.3, 0.4) is 0 Å². The van der Waals surface area contributed by atoms with E-state index in [4.69, 9.17) is 0 Å². The van der Waals surface area contributed by atoms with Gasteiger partial charge in [-0.2, -0.15) is 0 Å². The monoisotopic (exact) mass is 541 g/mol. The van der Waals surface area contributed by atoms with Crippen LogP contribution in [0.4, 0.5) is 17.1 Å². The molecule has 0 saturated heterocycles. The van der Waals surface area contributed by atoms with E-state index in [-0.39, 0.29) is 5.92 Å². The second kappa shape index (κ2) is 10.8. The minimum atomic E-state index is 0.245. The predicted octanol–water partition coefficient (Wildman–Crippen LogP) is 11.4. The van der Waals surface area contributed by atoms with Crippen LogP contribution in [-0.4, -0.2) is 0 Å². The second-order valence-corrected chi connectivity index (χ2v) is 11.6. The summed E-state index contributed by atoms with van der Waals surface area (Å²) in [5.41, 5.74) is 15.5. The van der Waals surface area contributed by atoms with Gasteiger partial charge >= 0.3 is 0 Å². The average Bonchev–Trinajstić information content (AvgIpc) is 3.36. The van der Waals surface area contributed by atoms with Crippen molar-refractivity contribution in [2.75, 3.05) is 4.90 Å². The molecule has 0 aliphatic heterocycles. The predicted molar refractivity (Wildman–Crippen MR) is 178 cm³/mol. The van der Waals surface area contributed by atoms with E-state index in [1.165, 1.54) is 50.1 Å². The van der Waals surface area contributed by atoms with Gasteiger partial charge in [-0.05, 0) is 99.3 Å². The van der Waals surface area contributed by atoms with E-state index in [9.17, 15) is 0 Å². The van der Waals surface area contributed by atoms with Gasteiger partial charge in [-0.1, -0.05) is 123 Å². The molecule has 0 amide bonds. The highest BCUT2D eigenvalue weighted by Crippen LogP contribution is 2.50. The number of aryl methyl sites for hydroxylation is 1. The first-order valence-electron chi connectivity index (χ1n) is 14.9. The molecular formula is C41H35N. The summed E-state index contributed by atoms with van der Waals surface area (Å²) in [6, 6.07) is 53.3. The molecule has 204 valence electrons. The Kier molecular flexibility index (Phi) is 6.72. The molecule has 0 heterocycles. The van der Waals surface area contributed by atoms with E-state index in [0.29, 0.717) is 5.92 Å². The number of hydrogen-bond acceptors (Lipinski definition) is 1. The summed E-state index contributed by atoms with van der Waals surface area (Å²) in [5, 5.41) is 0. The summed E-state index contributed by atoms with van der Waals surface area (Å²) < 4.78 is 0. The number of para-hydroxylation sites is 1. The summed E-state index contributed by atoms with van der Waals surface area (Å²) >= 11 is 0. The van der Waals surface area contributed by atoms with Crippen LogP contribution in [0.15, 0.2) is 146 Å². The average molecular weight is 542 g/mol. The maximum Gasteiger partial charge on any atom is 0.0468 e. The molecule has 0 bridgehead atoms. The van der Waals surface area contributed by atoms with Gasteiger partial charge in [0.05, 0.1) is 0 Å². The van der Waals surface area contributed by atoms with E-state index in [2.05, 4.69) is 171 Å². The number of benzene rings is 6. The van der Waals surface area contributed by atoms with E-state index >= 15 is 0 Å². The van der Waals surface area contributed by atoms with Gasteiger partial charge in [0.1, 0.15) is 0 Å². The van der Waals surface area contributed by atoms with Crippen LogP contribution < -0.4 is 4.90 Å². The van der Waals surface area contributed by atoms with Crippen molar-refractivity contribution in [2.24, 2.45) is 0 Å². The Morgan fingerprint density at radius 3 is 1.76 bits per heavy atom. The normalized spacial score (nSPS) is 13.6. The Balaban J connectivity index is 1.42. The van der Waals surface area contributed by atoms with Crippen LogP contribution >= 0.6 is 0 Å². The topological polar surface area (TPSA) is 3.24 Å². The molecule has 0 aromatic heterocycles. The molecule has 1 aliphatic rings. The lowest BCUT2D eigenvalue weighted by Crippen LogP contribution is -2.11. The third-order valence-corrected chi connectivity index (χ3v) is 8.67. The van der Waals surface area contributed by atoms with Crippen LogP contribution in [-0.2, 0) is 0 Å². The highest BCUT2D eigenvalue weighted by atomic mass is 15.1. The van der Waals surface area contributed by atoms with Gasteiger partial charge in [0.2, 0.25) is 0 Å². The zero-order chi connectivity index (χ0) is 28.6. The standard InChI is InChI=1S/C41H35N/c1-28(2)34-24-22-32(26-39(34)35-19-11-10-14-29(35)3)42(31-17-8-5-9-18-31)33-23-25-38-40(27-33)36-20-12-13-21-37(36)41(38)30-15-6-4-7-16-30/h4-28,41H,1-3H3. The molecule has 1 heteroatoms. The number of nitrogens with zero attached hydrogens (tertiary/aromatic N) is 1. The molecule has 1 nitrogen and oxygen atoms in total. The highest BCUT2D eigenvalue weighted by molar-refractivity contribution is 5.87. The summed E-state index contributed by atoms with van der Waals surface area (Å²) in [6.45, 7) is 6.78. The minimum Gasteiger partial charge on any atom is -0.310 e. The molecule has 6 aromatic carbocycles. The second-order valence-electron chi connectivity index (χ2n) is 11.6. The van der Waals surface area contributed by atoms with Gasteiger partial charge in [-0.3, -0.25) is 0 Å². The molecule has 1 atom stereocenters. The van der Waals surface area contributed by atoms with Crippen molar-refractivity contribution in [1.82, 2.24) is 0 Å². The first kappa shape index (κ1) is 26.0. The Morgan fingerprint density at radius 2 is 1.05 bits per heavy atom. The lowest BCUT2D eigenvalue weighted by atomic mass is 9.89. The third kappa shape index (κ3) is 4.52. The molecule has 0 N–H and O–H groups in total. The van der Waals surface area contributed by atoms with E-state index in [1.54, 1.807) is 0 Å². The van der Waals surface area contributed by atoms with Crippen molar-refractivity contribution in [2.45, 2.75) is 32.6 Å². The van der Waals surface area contributed by atoms with Crippen molar-refractivity contribution < 1.29 is 0 Å². The molecule has 42 heavy (non-hydrogen) atoms. The van der Waals surface area contributed by atoms with Crippen LogP contribution in [0.5, 0.6) is 0 Å². The summed E-state index contributed by atoms with van der Waals surface area (Å²) in [7, 11) is 0. The number of anilines is 3. The largest absolute Gasteiger partial charge is 0.310 e. The van der Waals surface area contributed by atoms with Crippen LogP contribution in [0.2, 0.25) is 0 Å². The fourth-order valence-electron chi connectivity index (χ4n) is 6.65. The van der Waals surface area contributed by atoms with Crippen molar-refractivity contribution in [3.8, 4) is 22.3 Å². The van der Waals surface area contributed by atoms with Crippen molar-refractivity contribution in [1.29, 1.82) is 0 Å². The van der Waals surface area contributed by atoms with Crippen LogP contribution in [0.25, 0.3) is 22.3 Å². The van der Waals surface area contributed by atoms with Gasteiger partial charge in [0.25, 0.3) is 0 Å². The molecule has 0 spiro atoms. The first-order valence-corrected chi connectivity index (χ1v) is 14.9. The summed E-state index contributed by atoms with van der Waals surface area (Å²) in [5.74, 6) is 0.667. The lowest BCUT2D eigenvalue weighted by Gasteiger charge is -2.28. The van der Waals surface area contributed by atoms with E-state index in [0.717, 1.165) is 17.1 Å². The Labute approximate surface area is 249 Å². The van der Waals surface area contributed by atoms with Crippen molar-refractivity contribution in [3.63, 3.8) is 0 Å². The molecule has 0 saturated carbocycles. The Bertz CT molecular complexity index is 1870. The molecule has 7 rings (SSSR count). The van der Waals surface area contributed by atoms with Gasteiger partial charge in [-0.15, -0.1) is 0 Å². The van der Waals surface area contributed by atoms with Gasteiger partial charge < -0.3 is 4.90 Å². The summed E-state index contributed by atoms with van der Waals surface area (Å²) in [4.78, 5) is 2.41. The molecule has 0 fully saturated rings. The molecular weight excluding hydrogens is 506 g/mol. The fourth-order valence-corrected chi connectivity index (χ4v) is 6.65. The zero-order valence-electron chi connectivity index (χ0n) is 24.5. The first-order chi connectivity index (χ1) is 20.6. The van der Waals surface area contributed by atoms with Crippen molar-refractivity contribution >= 4 is 17.1 Å². The Hall–Kier alpha value is -4.88.